The largest absolute Gasteiger partial charge is 0.426 e. The highest BCUT2D eigenvalue weighted by Gasteiger charge is 2.46. The average molecular weight is 325 g/mol. The molecule has 24 heavy (non-hydrogen) atoms. The van der Waals surface area contributed by atoms with Gasteiger partial charge in [-0.3, -0.25) is 14.3 Å². The molecule has 1 aromatic carbocycles. The fourth-order valence-corrected chi connectivity index (χ4v) is 2.84. The van der Waals surface area contributed by atoms with Gasteiger partial charge in [-0.15, -0.1) is 0 Å². The Morgan fingerprint density at radius 2 is 2.17 bits per heavy atom. The van der Waals surface area contributed by atoms with Crippen molar-refractivity contribution in [1.82, 2.24) is 15.1 Å². The Bertz CT molecular complexity index is 794. The molecule has 1 amide bonds. The minimum atomic E-state index is -0.247. The second kappa shape index (κ2) is 5.78. The highest BCUT2D eigenvalue weighted by atomic mass is 16.5. The second-order valence-corrected chi connectivity index (χ2v) is 6.59. The summed E-state index contributed by atoms with van der Waals surface area (Å²) < 4.78 is 7.20. The van der Waals surface area contributed by atoms with Gasteiger partial charge in [0, 0.05) is 30.8 Å². The van der Waals surface area contributed by atoms with Crippen LogP contribution in [0.2, 0.25) is 0 Å². The van der Waals surface area contributed by atoms with Crippen LogP contribution in [0.15, 0.2) is 36.7 Å². The normalized spacial score (nSPS) is 22.0. The molecular weight excluding hydrogens is 306 g/mol. The number of rotatable bonds is 5. The van der Waals surface area contributed by atoms with Crippen LogP contribution in [0.4, 0.5) is 0 Å². The molecule has 1 aromatic heterocycles. The van der Waals surface area contributed by atoms with Crippen LogP contribution in [0.3, 0.4) is 0 Å². The first-order valence-electron chi connectivity index (χ1n) is 8.21. The Morgan fingerprint density at radius 3 is 2.88 bits per heavy atom. The maximum Gasteiger partial charge on any atom is 0.314 e. The van der Waals surface area contributed by atoms with Crippen LogP contribution < -0.4 is 10.1 Å². The minimum absolute atomic E-state index is 0.116. The molecule has 2 atom stereocenters. The van der Waals surface area contributed by atoms with Crippen molar-refractivity contribution in [1.29, 1.82) is 0 Å². The van der Waals surface area contributed by atoms with E-state index in [0.29, 0.717) is 17.4 Å². The third kappa shape index (κ3) is 3.18. The maximum atomic E-state index is 12.3. The summed E-state index contributed by atoms with van der Waals surface area (Å²) >= 11 is 0. The van der Waals surface area contributed by atoms with E-state index >= 15 is 0 Å². The Morgan fingerprint density at radius 1 is 1.33 bits per heavy atom. The number of carbonyl (C=O) groups excluding carboxylic acids is 2. The van der Waals surface area contributed by atoms with Crippen molar-refractivity contribution in [3.63, 3.8) is 0 Å². The van der Waals surface area contributed by atoms with Gasteiger partial charge in [0.25, 0.3) is 5.91 Å². The SMILES string of the molecule is Cn1cc([C@@H]2C[C@H]2C(=O)Oc2cccc(C(=O)NC3CC3)c2)cn1. The number of hydrogen-bond acceptors (Lipinski definition) is 4. The van der Waals surface area contributed by atoms with Crippen LogP contribution in [0.1, 0.15) is 41.1 Å². The van der Waals surface area contributed by atoms with Crippen LogP contribution in [-0.2, 0) is 11.8 Å². The van der Waals surface area contributed by atoms with Gasteiger partial charge >= 0.3 is 5.97 Å². The van der Waals surface area contributed by atoms with Crippen LogP contribution in [0, 0.1) is 5.92 Å². The summed E-state index contributed by atoms with van der Waals surface area (Å²) in [6.07, 6.45) is 6.59. The molecule has 1 N–H and O–H groups in total. The summed E-state index contributed by atoms with van der Waals surface area (Å²) in [5.74, 6) is 0.115. The number of nitrogens with one attached hydrogen (secondary N) is 1. The number of aromatic nitrogens is 2. The van der Waals surface area contributed by atoms with E-state index < -0.39 is 0 Å². The van der Waals surface area contributed by atoms with Gasteiger partial charge in [-0.25, -0.2) is 0 Å². The van der Waals surface area contributed by atoms with E-state index in [1.165, 1.54) is 0 Å². The average Bonchev–Trinajstić information content (AvgIpc) is 3.48. The highest BCUT2D eigenvalue weighted by molar-refractivity contribution is 5.95. The maximum absolute atomic E-state index is 12.3. The number of nitrogens with zero attached hydrogens (tertiary/aromatic N) is 2. The number of amides is 1. The quantitative estimate of drug-likeness (QED) is 0.674. The van der Waals surface area contributed by atoms with Gasteiger partial charge in [-0.2, -0.15) is 5.10 Å². The lowest BCUT2D eigenvalue weighted by molar-refractivity contribution is -0.135. The van der Waals surface area contributed by atoms with Crippen LogP contribution >= 0.6 is 0 Å². The molecule has 0 saturated heterocycles. The molecular formula is C18H19N3O3. The first-order valence-corrected chi connectivity index (χ1v) is 8.21. The van der Waals surface area contributed by atoms with Gasteiger partial charge in [0.15, 0.2) is 0 Å². The molecule has 6 heteroatoms. The molecule has 6 nitrogen and oxygen atoms in total. The summed E-state index contributed by atoms with van der Waals surface area (Å²) in [5, 5.41) is 7.06. The van der Waals surface area contributed by atoms with Crippen molar-refractivity contribution in [2.75, 3.05) is 0 Å². The topological polar surface area (TPSA) is 73.2 Å². The number of aryl methyl sites for hydroxylation is 1. The zero-order valence-corrected chi connectivity index (χ0v) is 13.4. The number of carbonyl (C=O) groups is 2. The molecule has 0 unspecified atom stereocenters. The smallest absolute Gasteiger partial charge is 0.314 e. The van der Waals surface area contributed by atoms with E-state index in [1.807, 2.05) is 13.2 Å². The highest BCUT2D eigenvalue weighted by Crippen LogP contribution is 2.48. The third-order valence-electron chi connectivity index (χ3n) is 4.47. The molecule has 124 valence electrons. The standard InChI is InChI=1S/C18H19N3O3/c1-21-10-12(9-19-21)15-8-16(15)18(23)24-14-4-2-3-11(7-14)17(22)20-13-5-6-13/h2-4,7,9-10,13,15-16H,5-6,8H2,1H3,(H,20,22)/t15-,16+/m0/s1. The minimum Gasteiger partial charge on any atom is -0.426 e. The third-order valence-corrected chi connectivity index (χ3v) is 4.47. The Balaban J connectivity index is 1.38. The molecule has 2 aliphatic rings. The van der Waals surface area contributed by atoms with Crippen molar-refractivity contribution in [2.45, 2.75) is 31.2 Å². The lowest BCUT2D eigenvalue weighted by Gasteiger charge is -2.07. The fourth-order valence-electron chi connectivity index (χ4n) is 2.84. The van der Waals surface area contributed by atoms with Crippen molar-refractivity contribution in [3.8, 4) is 5.75 Å². The van der Waals surface area contributed by atoms with Gasteiger partial charge in [-0.1, -0.05) is 6.07 Å². The number of esters is 1. The lowest BCUT2D eigenvalue weighted by atomic mass is 10.2. The second-order valence-electron chi connectivity index (χ2n) is 6.59. The predicted molar refractivity (Wildman–Crippen MR) is 86.6 cm³/mol. The Labute approximate surface area is 139 Å². The molecule has 2 aromatic rings. The van der Waals surface area contributed by atoms with E-state index in [-0.39, 0.29) is 23.7 Å². The molecule has 0 radical (unpaired) electrons. The molecule has 1 heterocycles. The summed E-state index contributed by atoms with van der Waals surface area (Å²) in [5.41, 5.74) is 1.59. The first-order chi connectivity index (χ1) is 11.6. The van der Waals surface area contributed by atoms with Crippen molar-refractivity contribution in [2.24, 2.45) is 13.0 Å². The molecule has 2 aliphatic carbocycles. The molecule has 2 fully saturated rings. The van der Waals surface area contributed by atoms with E-state index in [9.17, 15) is 9.59 Å². The predicted octanol–water partition coefficient (Wildman–Crippen LogP) is 2.02. The summed E-state index contributed by atoms with van der Waals surface area (Å²) in [6, 6.07) is 7.08. The molecule has 0 bridgehead atoms. The summed E-state index contributed by atoms with van der Waals surface area (Å²) in [6.45, 7) is 0. The zero-order chi connectivity index (χ0) is 16.7. The van der Waals surface area contributed by atoms with E-state index in [2.05, 4.69) is 10.4 Å². The van der Waals surface area contributed by atoms with Crippen molar-refractivity contribution in [3.05, 3.63) is 47.8 Å². The van der Waals surface area contributed by atoms with Gasteiger partial charge < -0.3 is 10.1 Å². The van der Waals surface area contributed by atoms with Crippen LogP contribution in [0.25, 0.3) is 0 Å². The zero-order valence-electron chi connectivity index (χ0n) is 13.4. The summed E-state index contributed by atoms with van der Waals surface area (Å²) in [7, 11) is 1.86. The van der Waals surface area contributed by atoms with E-state index in [4.69, 9.17) is 4.74 Å². The van der Waals surface area contributed by atoms with Crippen LogP contribution in [0.5, 0.6) is 5.75 Å². The molecule has 4 rings (SSSR count). The van der Waals surface area contributed by atoms with Gasteiger partial charge in [0.05, 0.1) is 12.1 Å². The van der Waals surface area contributed by atoms with Gasteiger partial charge in [0.2, 0.25) is 0 Å². The number of benzene rings is 1. The Hall–Kier alpha value is -2.63. The fraction of sp³-hybridized carbons (Fsp3) is 0.389. The van der Waals surface area contributed by atoms with E-state index in [0.717, 1.165) is 24.8 Å². The number of hydrogen-bond donors (Lipinski definition) is 1. The van der Waals surface area contributed by atoms with Crippen molar-refractivity contribution >= 4 is 11.9 Å². The van der Waals surface area contributed by atoms with Crippen molar-refractivity contribution < 1.29 is 14.3 Å². The van der Waals surface area contributed by atoms with Gasteiger partial charge in [0.1, 0.15) is 5.75 Å². The first kappa shape index (κ1) is 14.9. The summed E-state index contributed by atoms with van der Waals surface area (Å²) in [4.78, 5) is 24.3. The van der Waals surface area contributed by atoms with E-state index in [1.54, 1.807) is 35.1 Å². The molecule has 0 spiro atoms. The monoisotopic (exact) mass is 325 g/mol. The molecule has 0 aliphatic heterocycles. The van der Waals surface area contributed by atoms with Crippen LogP contribution in [-0.4, -0.2) is 27.7 Å². The number of ether oxygens (including phenoxy) is 1. The van der Waals surface area contributed by atoms with Gasteiger partial charge in [-0.05, 0) is 43.0 Å². The Kier molecular flexibility index (Phi) is 3.59. The molecule has 2 saturated carbocycles. The lowest BCUT2D eigenvalue weighted by Crippen LogP contribution is -2.25.